The zero-order chi connectivity index (χ0) is 27.0. The first-order valence-electron chi connectivity index (χ1n) is 12.5. The lowest BCUT2D eigenvalue weighted by Crippen LogP contribution is -2.48. The molecule has 0 unspecified atom stereocenters. The largest absolute Gasteiger partial charge is 0.497 e. The van der Waals surface area contributed by atoms with E-state index in [1.54, 1.807) is 24.3 Å². The number of anilines is 1. The topological polar surface area (TPSA) is 145 Å². The molecule has 2 aromatic rings. The van der Waals surface area contributed by atoms with Gasteiger partial charge in [0.15, 0.2) is 6.61 Å². The van der Waals surface area contributed by atoms with Crippen LogP contribution in [0, 0.1) is 33.8 Å². The molecule has 2 aliphatic carbocycles. The third-order valence-electron chi connectivity index (χ3n) is 7.84. The first-order valence-corrected chi connectivity index (χ1v) is 12.5. The van der Waals surface area contributed by atoms with Gasteiger partial charge in [-0.05, 0) is 42.7 Å². The van der Waals surface area contributed by atoms with E-state index in [0.29, 0.717) is 0 Å². The Hall–Kier alpha value is -4.28. The lowest BCUT2D eigenvalue weighted by atomic mass is 9.81. The van der Waals surface area contributed by atoms with Crippen LogP contribution in [0.5, 0.6) is 5.75 Å². The zero-order valence-corrected chi connectivity index (χ0v) is 20.7. The quantitative estimate of drug-likeness (QED) is 0.229. The molecule has 0 spiro atoms. The number of nitro groups is 1. The van der Waals surface area contributed by atoms with E-state index < -0.39 is 41.3 Å². The Morgan fingerprint density at radius 1 is 1.08 bits per heavy atom. The Morgan fingerprint density at radius 3 is 2.34 bits per heavy atom. The normalized spacial score (nSPS) is 24.2. The highest BCUT2D eigenvalue weighted by Crippen LogP contribution is 2.56. The first-order chi connectivity index (χ1) is 18.3. The van der Waals surface area contributed by atoms with E-state index in [9.17, 15) is 29.3 Å². The highest BCUT2D eigenvalue weighted by atomic mass is 16.6. The number of carbonyl (C=O) groups excluding carboxylic acids is 4. The molecule has 1 saturated heterocycles. The molecule has 0 radical (unpaired) electrons. The summed E-state index contributed by atoms with van der Waals surface area (Å²) < 4.78 is 10.3. The minimum Gasteiger partial charge on any atom is -0.497 e. The second-order valence-electron chi connectivity index (χ2n) is 9.93. The monoisotopic (exact) mass is 521 g/mol. The Labute approximate surface area is 218 Å². The molecule has 11 heteroatoms. The number of rotatable bonds is 9. The molecule has 2 saturated carbocycles. The predicted molar refractivity (Wildman–Crippen MR) is 133 cm³/mol. The average molecular weight is 522 g/mol. The fourth-order valence-electron chi connectivity index (χ4n) is 6.18. The van der Waals surface area contributed by atoms with Gasteiger partial charge in [-0.3, -0.25) is 29.4 Å². The third kappa shape index (κ3) is 4.59. The van der Waals surface area contributed by atoms with Gasteiger partial charge in [0.25, 0.3) is 11.6 Å². The van der Waals surface area contributed by atoms with E-state index in [1.165, 1.54) is 25.3 Å². The molecule has 38 heavy (non-hydrogen) atoms. The number of amides is 3. The highest BCUT2D eigenvalue weighted by molar-refractivity contribution is 6.08. The van der Waals surface area contributed by atoms with Crippen LogP contribution in [0.4, 0.5) is 11.4 Å². The summed E-state index contributed by atoms with van der Waals surface area (Å²) in [6, 6.07) is 11.6. The van der Waals surface area contributed by atoms with E-state index >= 15 is 0 Å². The van der Waals surface area contributed by atoms with Gasteiger partial charge in [-0.2, -0.15) is 0 Å². The Bertz CT molecular complexity index is 1270. The second kappa shape index (κ2) is 10.2. The summed E-state index contributed by atoms with van der Waals surface area (Å²) in [5, 5.41) is 13.7. The highest BCUT2D eigenvalue weighted by Gasteiger charge is 2.62. The standard InChI is InChI=1S/C27H27N3O8/c1-37-18-9-10-20(30(35)36)19(13-18)28-22(31)14-38-27(34)21(11-15-5-3-2-4-6-15)29-25(32)23-16-7-8-17(12-16)24(23)26(29)33/h2-6,9-10,13,16-17,21,23-24H,7-8,11-12,14H2,1H3,(H,28,31)/t16-,17-,21-,23-,24-/m0/s1. The molecule has 198 valence electrons. The number of benzene rings is 2. The number of nitro benzene ring substituents is 1. The number of methoxy groups -OCH3 is 1. The number of esters is 1. The summed E-state index contributed by atoms with van der Waals surface area (Å²) >= 11 is 0. The summed E-state index contributed by atoms with van der Waals surface area (Å²) in [5.74, 6) is -2.60. The summed E-state index contributed by atoms with van der Waals surface area (Å²) in [7, 11) is 1.38. The maximum absolute atomic E-state index is 13.4. The molecule has 2 aromatic carbocycles. The fourth-order valence-corrected chi connectivity index (χ4v) is 6.18. The molecule has 3 amide bonds. The van der Waals surface area contributed by atoms with Crippen molar-refractivity contribution in [3.8, 4) is 5.75 Å². The van der Waals surface area contributed by atoms with Gasteiger partial charge >= 0.3 is 5.97 Å². The number of hydrogen-bond acceptors (Lipinski definition) is 8. The molecule has 11 nitrogen and oxygen atoms in total. The summed E-state index contributed by atoms with van der Waals surface area (Å²) in [5.41, 5.74) is 0.248. The van der Waals surface area contributed by atoms with Crippen molar-refractivity contribution in [1.82, 2.24) is 4.90 Å². The molecule has 5 atom stereocenters. The fraction of sp³-hybridized carbons (Fsp3) is 0.407. The van der Waals surface area contributed by atoms with E-state index in [0.717, 1.165) is 29.7 Å². The maximum atomic E-state index is 13.4. The number of nitrogens with one attached hydrogen (secondary N) is 1. The van der Waals surface area contributed by atoms with Crippen molar-refractivity contribution in [3.05, 3.63) is 64.2 Å². The molecular formula is C27H27N3O8. The number of ether oxygens (including phenoxy) is 2. The van der Waals surface area contributed by atoms with Crippen LogP contribution in [0.3, 0.4) is 0 Å². The summed E-state index contributed by atoms with van der Waals surface area (Å²) in [6.07, 6.45) is 2.73. The molecule has 1 aliphatic heterocycles. The van der Waals surface area contributed by atoms with Gasteiger partial charge in [0, 0.05) is 18.6 Å². The van der Waals surface area contributed by atoms with Gasteiger partial charge in [-0.25, -0.2) is 4.79 Å². The summed E-state index contributed by atoms with van der Waals surface area (Å²) in [4.78, 5) is 64.4. The van der Waals surface area contributed by atoms with E-state index in [-0.39, 0.29) is 47.2 Å². The van der Waals surface area contributed by atoms with E-state index in [4.69, 9.17) is 9.47 Å². The van der Waals surface area contributed by atoms with Crippen LogP contribution in [0.15, 0.2) is 48.5 Å². The number of fused-ring (bicyclic) bond motifs is 5. The van der Waals surface area contributed by atoms with Crippen molar-refractivity contribution >= 4 is 35.1 Å². The zero-order valence-electron chi connectivity index (χ0n) is 20.7. The smallest absolute Gasteiger partial charge is 0.330 e. The molecule has 3 aliphatic rings. The van der Waals surface area contributed by atoms with Gasteiger partial charge in [-0.15, -0.1) is 0 Å². The minimum absolute atomic E-state index is 0.0505. The van der Waals surface area contributed by atoms with Crippen molar-refractivity contribution in [3.63, 3.8) is 0 Å². The van der Waals surface area contributed by atoms with E-state index in [2.05, 4.69) is 5.32 Å². The molecule has 3 fully saturated rings. The van der Waals surface area contributed by atoms with Gasteiger partial charge in [0.05, 0.1) is 23.9 Å². The van der Waals surface area contributed by atoms with Gasteiger partial charge < -0.3 is 14.8 Å². The SMILES string of the molecule is COc1ccc([N+](=O)[O-])c(NC(=O)COC(=O)[C@H](Cc2ccccc2)N2C(=O)[C@H]3[C@H]4CC[C@@H](C4)[C@@H]3C2=O)c1. The average Bonchev–Trinajstić information content (AvgIpc) is 3.60. The number of imide groups is 1. The van der Waals surface area contributed by atoms with Gasteiger partial charge in [0.2, 0.25) is 11.8 Å². The molecule has 2 bridgehead atoms. The van der Waals surface area contributed by atoms with Crippen LogP contribution in [0.2, 0.25) is 0 Å². The van der Waals surface area contributed by atoms with Gasteiger partial charge in [-0.1, -0.05) is 30.3 Å². The van der Waals surface area contributed by atoms with E-state index in [1.807, 2.05) is 6.07 Å². The number of carbonyl (C=O) groups is 4. The van der Waals surface area contributed by atoms with Crippen molar-refractivity contribution in [1.29, 1.82) is 0 Å². The predicted octanol–water partition coefficient (Wildman–Crippen LogP) is 2.73. The van der Waals surface area contributed by atoms with Crippen molar-refractivity contribution in [2.75, 3.05) is 19.0 Å². The summed E-state index contributed by atoms with van der Waals surface area (Å²) in [6.45, 7) is -0.757. The Kier molecular flexibility index (Phi) is 6.83. The first kappa shape index (κ1) is 25.4. The third-order valence-corrected chi connectivity index (χ3v) is 7.84. The minimum atomic E-state index is -1.22. The van der Waals surface area contributed by atoms with Crippen LogP contribution < -0.4 is 10.1 Å². The van der Waals surface area contributed by atoms with Crippen molar-refractivity contribution < 1.29 is 33.6 Å². The molecule has 1 N–H and O–H groups in total. The molecular weight excluding hydrogens is 494 g/mol. The number of hydrogen-bond donors (Lipinski definition) is 1. The lowest BCUT2D eigenvalue weighted by molar-refractivity contribution is -0.383. The number of likely N-dealkylation sites (tertiary alicyclic amines) is 1. The maximum Gasteiger partial charge on any atom is 0.330 e. The van der Waals surface area contributed by atoms with Crippen molar-refractivity contribution in [2.24, 2.45) is 23.7 Å². The van der Waals surface area contributed by atoms with Crippen LogP contribution in [-0.2, 0) is 30.3 Å². The molecule has 1 heterocycles. The second-order valence-corrected chi connectivity index (χ2v) is 9.93. The van der Waals surface area contributed by atoms with Crippen LogP contribution >= 0.6 is 0 Å². The molecule has 5 rings (SSSR count). The van der Waals surface area contributed by atoms with Crippen molar-refractivity contribution in [2.45, 2.75) is 31.7 Å². The van der Waals surface area contributed by atoms with Gasteiger partial charge in [0.1, 0.15) is 17.5 Å². The molecule has 0 aromatic heterocycles. The van der Waals surface area contributed by atoms with Crippen LogP contribution in [0.25, 0.3) is 0 Å². The Balaban J connectivity index is 1.32. The lowest BCUT2D eigenvalue weighted by Gasteiger charge is -2.26. The van der Waals surface area contributed by atoms with Crippen LogP contribution in [-0.4, -0.2) is 53.3 Å². The Morgan fingerprint density at radius 2 is 1.74 bits per heavy atom. The van der Waals surface area contributed by atoms with Crippen LogP contribution in [0.1, 0.15) is 24.8 Å². The number of nitrogens with zero attached hydrogens (tertiary/aromatic N) is 2.